The smallest absolute Gasteiger partial charge is 0.191 e. The summed E-state index contributed by atoms with van der Waals surface area (Å²) >= 11 is 0. The lowest BCUT2D eigenvalue weighted by Gasteiger charge is -2.61. The van der Waals surface area contributed by atoms with Crippen LogP contribution in [0.1, 0.15) is 53.4 Å². The number of nitrogens with zero attached hydrogens (tertiary/aromatic N) is 1. The van der Waals surface area contributed by atoms with Gasteiger partial charge < -0.3 is 15.4 Å². The summed E-state index contributed by atoms with van der Waals surface area (Å²) < 4.78 is 29.5. The number of sulfone groups is 1. The van der Waals surface area contributed by atoms with E-state index in [1.807, 2.05) is 6.92 Å². The zero-order chi connectivity index (χ0) is 18.0. The lowest BCUT2D eigenvalue weighted by atomic mass is 9.51. The molecule has 2 rings (SSSR count). The average Bonchev–Trinajstić information content (AvgIpc) is 2.41. The van der Waals surface area contributed by atoms with Gasteiger partial charge in [-0.1, -0.05) is 6.42 Å². The van der Waals surface area contributed by atoms with Crippen LogP contribution in [0.15, 0.2) is 4.99 Å². The number of ether oxygens (including phenoxy) is 1. The minimum absolute atomic E-state index is 0. The number of halogens is 1. The van der Waals surface area contributed by atoms with Crippen molar-refractivity contribution in [3.63, 3.8) is 0 Å². The van der Waals surface area contributed by atoms with Gasteiger partial charge in [0, 0.05) is 31.7 Å². The van der Waals surface area contributed by atoms with Gasteiger partial charge in [-0.05, 0) is 47.0 Å². The van der Waals surface area contributed by atoms with Crippen LogP contribution in [0, 0.1) is 5.41 Å². The molecule has 0 bridgehead atoms. The quantitative estimate of drug-likeness (QED) is 0.342. The molecular formula is C17H34IN3O3S. The summed E-state index contributed by atoms with van der Waals surface area (Å²) in [6.07, 6.45) is 5.01. The van der Waals surface area contributed by atoms with E-state index in [-0.39, 0.29) is 35.1 Å². The summed E-state index contributed by atoms with van der Waals surface area (Å²) in [6.45, 7) is 8.38. The lowest BCUT2D eigenvalue weighted by molar-refractivity contribution is -0.168. The molecule has 6 nitrogen and oxygen atoms in total. The number of rotatable bonds is 6. The van der Waals surface area contributed by atoms with Gasteiger partial charge in [-0.25, -0.2) is 8.42 Å². The van der Waals surface area contributed by atoms with E-state index in [1.165, 1.54) is 19.3 Å². The van der Waals surface area contributed by atoms with Gasteiger partial charge in [-0.15, -0.1) is 24.0 Å². The molecule has 1 spiro atoms. The second kappa shape index (κ2) is 8.73. The number of nitrogens with one attached hydrogen (secondary N) is 2. The third-order valence-electron chi connectivity index (χ3n) is 5.57. The van der Waals surface area contributed by atoms with Gasteiger partial charge in [0.1, 0.15) is 0 Å². The van der Waals surface area contributed by atoms with Gasteiger partial charge in [0.2, 0.25) is 0 Å². The fourth-order valence-corrected chi connectivity index (χ4v) is 4.59. The first kappa shape index (κ1) is 23.0. The van der Waals surface area contributed by atoms with E-state index >= 15 is 0 Å². The van der Waals surface area contributed by atoms with Crippen LogP contribution in [0.5, 0.6) is 0 Å². The van der Waals surface area contributed by atoms with Gasteiger partial charge in [0.15, 0.2) is 15.8 Å². The molecule has 2 atom stereocenters. The zero-order valence-electron chi connectivity index (χ0n) is 16.1. The number of aliphatic imine (C=N–C) groups is 1. The van der Waals surface area contributed by atoms with Crippen LogP contribution in [0.4, 0.5) is 0 Å². The minimum Gasteiger partial charge on any atom is -0.378 e. The molecule has 2 fully saturated rings. The predicted molar refractivity (Wildman–Crippen MR) is 114 cm³/mol. The Labute approximate surface area is 169 Å². The normalized spacial score (nSPS) is 25.6. The fourth-order valence-electron chi connectivity index (χ4n) is 3.61. The predicted octanol–water partition coefficient (Wildman–Crippen LogP) is 2.33. The standard InChI is InChI=1S/C17H33N3O3S.HI/c1-6-23-14-12-13(17(14)8-7-9-17)20-15(18-5)19-10-11-24(21,22)16(2,3)4;/h13-14H,6-12H2,1-5H3,(H2,18,19,20);1H. The second-order valence-corrected chi connectivity index (χ2v) is 10.8. The summed E-state index contributed by atoms with van der Waals surface area (Å²) in [5, 5.41) is 6.62. The molecule has 2 aliphatic rings. The van der Waals surface area contributed by atoms with Crippen molar-refractivity contribution in [1.29, 1.82) is 0 Å². The zero-order valence-corrected chi connectivity index (χ0v) is 19.2. The van der Waals surface area contributed by atoms with Crippen molar-refractivity contribution in [2.24, 2.45) is 10.4 Å². The second-order valence-electron chi connectivity index (χ2n) is 7.89. The molecule has 148 valence electrons. The highest BCUT2D eigenvalue weighted by atomic mass is 127. The highest BCUT2D eigenvalue weighted by Crippen LogP contribution is 2.57. The van der Waals surface area contributed by atoms with E-state index in [0.717, 1.165) is 13.0 Å². The molecule has 0 aromatic heterocycles. The van der Waals surface area contributed by atoms with Crippen LogP contribution in [0.25, 0.3) is 0 Å². The Morgan fingerprint density at radius 3 is 2.40 bits per heavy atom. The molecule has 0 aliphatic heterocycles. The van der Waals surface area contributed by atoms with Crippen LogP contribution in [-0.2, 0) is 14.6 Å². The highest BCUT2D eigenvalue weighted by Gasteiger charge is 2.59. The molecule has 2 unspecified atom stereocenters. The van der Waals surface area contributed by atoms with Crippen LogP contribution < -0.4 is 10.6 Å². The Bertz CT molecular complexity index is 568. The summed E-state index contributed by atoms with van der Waals surface area (Å²) in [6, 6.07) is 0.369. The van der Waals surface area contributed by atoms with Crippen molar-refractivity contribution in [3.05, 3.63) is 0 Å². The largest absolute Gasteiger partial charge is 0.378 e. The third kappa shape index (κ3) is 4.80. The summed E-state index contributed by atoms with van der Waals surface area (Å²) in [5.74, 6) is 0.791. The molecule has 2 N–H and O–H groups in total. The molecule has 2 aliphatic carbocycles. The van der Waals surface area contributed by atoms with Gasteiger partial charge in [-0.3, -0.25) is 4.99 Å². The van der Waals surface area contributed by atoms with Crippen molar-refractivity contribution < 1.29 is 13.2 Å². The minimum atomic E-state index is -3.12. The molecule has 8 heteroatoms. The van der Waals surface area contributed by atoms with Crippen molar-refractivity contribution in [2.75, 3.05) is 26.0 Å². The molecule has 2 saturated carbocycles. The number of hydrogen-bond donors (Lipinski definition) is 2. The lowest BCUT2D eigenvalue weighted by Crippen LogP contribution is -2.68. The van der Waals surface area contributed by atoms with Crippen molar-refractivity contribution in [3.8, 4) is 0 Å². The molecule has 0 radical (unpaired) electrons. The van der Waals surface area contributed by atoms with E-state index in [0.29, 0.717) is 24.7 Å². The highest BCUT2D eigenvalue weighted by molar-refractivity contribution is 14.0. The Hall–Kier alpha value is -0.0900. The van der Waals surface area contributed by atoms with Gasteiger partial charge in [0.05, 0.1) is 16.6 Å². The van der Waals surface area contributed by atoms with E-state index < -0.39 is 14.6 Å². The van der Waals surface area contributed by atoms with Gasteiger partial charge in [-0.2, -0.15) is 0 Å². The Balaban J connectivity index is 0.00000312. The molecule has 0 heterocycles. The maximum absolute atomic E-state index is 12.2. The first-order chi connectivity index (χ1) is 11.2. The summed E-state index contributed by atoms with van der Waals surface area (Å²) in [4.78, 5) is 4.25. The average molecular weight is 487 g/mol. The maximum atomic E-state index is 12.2. The Kier molecular flexibility index (Phi) is 8.02. The Morgan fingerprint density at radius 1 is 1.32 bits per heavy atom. The monoisotopic (exact) mass is 487 g/mol. The van der Waals surface area contributed by atoms with Crippen LogP contribution in [0.3, 0.4) is 0 Å². The van der Waals surface area contributed by atoms with E-state index in [9.17, 15) is 8.42 Å². The van der Waals surface area contributed by atoms with Crippen LogP contribution in [0.2, 0.25) is 0 Å². The fraction of sp³-hybridized carbons (Fsp3) is 0.941. The van der Waals surface area contributed by atoms with Crippen molar-refractivity contribution >= 4 is 39.8 Å². The summed E-state index contributed by atoms with van der Waals surface area (Å²) in [5.41, 5.74) is 0.255. The van der Waals surface area contributed by atoms with E-state index in [1.54, 1.807) is 27.8 Å². The first-order valence-corrected chi connectivity index (χ1v) is 10.6. The van der Waals surface area contributed by atoms with Crippen LogP contribution >= 0.6 is 24.0 Å². The van der Waals surface area contributed by atoms with Crippen LogP contribution in [-0.4, -0.2) is 57.2 Å². The van der Waals surface area contributed by atoms with Crippen molar-refractivity contribution in [2.45, 2.75) is 70.3 Å². The summed E-state index contributed by atoms with van der Waals surface area (Å²) in [7, 11) is -1.40. The van der Waals surface area contributed by atoms with Gasteiger partial charge in [0.25, 0.3) is 0 Å². The maximum Gasteiger partial charge on any atom is 0.191 e. The molecule has 25 heavy (non-hydrogen) atoms. The molecule has 0 amide bonds. The molecule has 0 aromatic carbocycles. The molecule has 0 saturated heterocycles. The van der Waals surface area contributed by atoms with Crippen molar-refractivity contribution in [1.82, 2.24) is 10.6 Å². The molecule has 0 aromatic rings. The number of guanidine groups is 1. The van der Waals surface area contributed by atoms with E-state index in [4.69, 9.17) is 4.74 Å². The third-order valence-corrected chi connectivity index (χ3v) is 8.18. The molecular weight excluding hydrogens is 453 g/mol. The number of hydrogen-bond acceptors (Lipinski definition) is 4. The topological polar surface area (TPSA) is 79.8 Å². The first-order valence-electron chi connectivity index (χ1n) is 8.97. The van der Waals surface area contributed by atoms with E-state index in [2.05, 4.69) is 15.6 Å². The SMILES string of the molecule is CCOC1CC(NC(=NC)NCCS(=O)(=O)C(C)(C)C)C12CCC2.I. The van der Waals surface area contributed by atoms with Gasteiger partial charge >= 0.3 is 0 Å². The Morgan fingerprint density at radius 2 is 1.96 bits per heavy atom.